The molecule has 1 fully saturated rings. The molecule has 3 rings (SSSR count). The first kappa shape index (κ1) is 27.0. The number of halogens is 5. The highest BCUT2D eigenvalue weighted by atomic mass is 19.4. The fourth-order valence-electron chi connectivity index (χ4n) is 3.97. The lowest BCUT2D eigenvalue weighted by molar-refractivity contribution is -0.148. The van der Waals surface area contributed by atoms with E-state index in [1.165, 1.54) is 19.5 Å². The number of allylic oxidation sites excluding steroid dienone is 1. The first-order valence-electron chi connectivity index (χ1n) is 11.0. The van der Waals surface area contributed by atoms with E-state index >= 15 is 0 Å². The molecule has 194 valence electrons. The number of aryl methyl sites for hydroxylation is 1. The number of likely N-dealkylation sites (tertiary alicyclic amines) is 1. The van der Waals surface area contributed by atoms with E-state index in [2.05, 4.69) is 25.3 Å². The van der Waals surface area contributed by atoms with Gasteiger partial charge in [0.1, 0.15) is 5.70 Å². The normalized spacial score (nSPS) is 20.8. The van der Waals surface area contributed by atoms with Gasteiger partial charge in [-0.15, -0.1) is 0 Å². The Bertz CT molecular complexity index is 1130. The maximum Gasteiger partial charge on any atom is 0.419 e. The number of pyridine rings is 1. The molecule has 0 aliphatic carbocycles. The summed E-state index contributed by atoms with van der Waals surface area (Å²) in [5.74, 6) is -4.78. The summed E-state index contributed by atoms with van der Waals surface area (Å²) in [6, 6.07) is 2.64. The molecule has 1 unspecified atom stereocenters. The number of amides is 1. The van der Waals surface area contributed by atoms with Gasteiger partial charge in [-0.25, -0.2) is 18.7 Å². The second-order valence-corrected chi connectivity index (χ2v) is 8.61. The van der Waals surface area contributed by atoms with Crippen LogP contribution in [0.1, 0.15) is 30.2 Å². The summed E-state index contributed by atoms with van der Waals surface area (Å²) in [5, 5.41) is 2.75. The minimum atomic E-state index is -4.60. The second-order valence-electron chi connectivity index (χ2n) is 8.61. The highest BCUT2D eigenvalue weighted by Gasteiger charge is 2.46. The van der Waals surface area contributed by atoms with Gasteiger partial charge < -0.3 is 16.0 Å². The molecule has 13 heteroatoms. The number of nitrogens with zero attached hydrogens (tertiary/aromatic N) is 5. The molecule has 2 aromatic heterocycles. The third-order valence-electron chi connectivity index (χ3n) is 5.79. The van der Waals surface area contributed by atoms with Crippen LogP contribution in [-0.2, 0) is 11.0 Å². The Morgan fingerprint density at radius 1 is 1.25 bits per heavy atom. The maximum atomic E-state index is 14.5. The molecule has 1 amide bonds. The second kappa shape index (κ2) is 10.5. The predicted octanol–water partition coefficient (Wildman–Crippen LogP) is 3.55. The van der Waals surface area contributed by atoms with Gasteiger partial charge in [0.05, 0.1) is 18.2 Å². The molecule has 1 aliphatic heterocycles. The van der Waals surface area contributed by atoms with Gasteiger partial charge in [-0.2, -0.15) is 13.2 Å². The minimum Gasteiger partial charge on any atom is -0.394 e. The van der Waals surface area contributed by atoms with E-state index in [1.807, 2.05) is 0 Å². The lowest BCUT2D eigenvalue weighted by Crippen LogP contribution is -2.58. The summed E-state index contributed by atoms with van der Waals surface area (Å²) < 4.78 is 67.3. The number of hydrogen-bond donors (Lipinski definition) is 2. The van der Waals surface area contributed by atoms with Crippen molar-refractivity contribution in [3.8, 4) is 0 Å². The summed E-state index contributed by atoms with van der Waals surface area (Å²) in [7, 11) is 1.48. The number of carbonyl (C=O) groups excluding carboxylic acids is 1. The van der Waals surface area contributed by atoms with E-state index in [0.29, 0.717) is 18.0 Å². The van der Waals surface area contributed by atoms with E-state index in [-0.39, 0.29) is 23.8 Å². The highest BCUT2D eigenvalue weighted by molar-refractivity contribution is 6.18. The van der Waals surface area contributed by atoms with Gasteiger partial charge in [-0.05, 0) is 18.9 Å². The Hall–Kier alpha value is -3.64. The van der Waals surface area contributed by atoms with Crippen LogP contribution in [0.2, 0.25) is 0 Å². The van der Waals surface area contributed by atoms with Gasteiger partial charge in [-0.3, -0.25) is 14.8 Å². The van der Waals surface area contributed by atoms with Crippen LogP contribution in [0.3, 0.4) is 0 Å². The van der Waals surface area contributed by atoms with Gasteiger partial charge in [0.15, 0.2) is 0 Å². The molecule has 1 saturated heterocycles. The summed E-state index contributed by atoms with van der Waals surface area (Å²) >= 11 is 0. The van der Waals surface area contributed by atoms with Gasteiger partial charge in [0, 0.05) is 61.6 Å². The Kier molecular flexibility index (Phi) is 7.89. The zero-order valence-corrected chi connectivity index (χ0v) is 19.9. The van der Waals surface area contributed by atoms with E-state index in [9.17, 15) is 26.7 Å². The van der Waals surface area contributed by atoms with Crippen LogP contribution >= 0.6 is 0 Å². The fourth-order valence-corrected chi connectivity index (χ4v) is 3.97. The average Bonchev–Trinajstić information content (AvgIpc) is 2.80. The molecular weight excluding hydrogens is 485 g/mol. The number of nitrogens with one attached hydrogen (secondary N) is 1. The number of carbonyl (C=O) groups is 1. The molecule has 1 aliphatic rings. The van der Waals surface area contributed by atoms with Gasteiger partial charge in [0.2, 0.25) is 5.95 Å². The van der Waals surface area contributed by atoms with Crippen molar-refractivity contribution < 1.29 is 26.7 Å². The first-order chi connectivity index (χ1) is 16.8. The predicted molar refractivity (Wildman–Crippen MR) is 124 cm³/mol. The molecule has 2 aromatic rings. The first-order valence-corrected chi connectivity index (χ1v) is 11.0. The molecule has 0 saturated carbocycles. The van der Waals surface area contributed by atoms with Crippen molar-refractivity contribution in [2.45, 2.75) is 38.4 Å². The Morgan fingerprint density at radius 2 is 1.92 bits per heavy atom. The van der Waals surface area contributed by atoms with Crippen molar-refractivity contribution in [1.82, 2.24) is 19.9 Å². The van der Waals surface area contributed by atoms with E-state index in [4.69, 9.17) is 5.73 Å². The number of anilines is 1. The van der Waals surface area contributed by atoms with Gasteiger partial charge in [-0.1, -0.05) is 13.0 Å². The van der Waals surface area contributed by atoms with Crippen molar-refractivity contribution in [2.75, 3.05) is 25.5 Å². The number of hydrogen-bond acceptors (Lipinski definition) is 7. The summed E-state index contributed by atoms with van der Waals surface area (Å²) in [4.78, 5) is 29.8. The molecule has 0 aromatic carbocycles. The van der Waals surface area contributed by atoms with E-state index in [1.54, 1.807) is 26.0 Å². The number of aliphatic imine (C=N–C) groups is 1. The Balaban J connectivity index is 1.89. The average molecular weight is 511 g/mol. The Labute approximate surface area is 204 Å². The van der Waals surface area contributed by atoms with Gasteiger partial charge >= 0.3 is 6.18 Å². The molecule has 0 spiro atoms. The molecule has 36 heavy (non-hydrogen) atoms. The molecule has 0 radical (unpaired) electrons. The zero-order valence-electron chi connectivity index (χ0n) is 19.9. The minimum absolute atomic E-state index is 0.0785. The van der Waals surface area contributed by atoms with Crippen LogP contribution < -0.4 is 11.1 Å². The molecule has 3 heterocycles. The molecule has 2 atom stereocenters. The third-order valence-corrected chi connectivity index (χ3v) is 5.79. The van der Waals surface area contributed by atoms with Crippen LogP contribution in [0.5, 0.6) is 0 Å². The number of nitrogens with two attached hydrogens (primary N) is 1. The number of alkyl halides is 5. The topological polar surface area (TPSA) is 109 Å². The van der Waals surface area contributed by atoms with Crippen molar-refractivity contribution in [2.24, 2.45) is 16.6 Å². The van der Waals surface area contributed by atoms with Crippen LogP contribution in [0.4, 0.5) is 27.9 Å². The molecule has 3 N–H and O–H groups in total. The van der Waals surface area contributed by atoms with Crippen LogP contribution in [0, 0.1) is 12.8 Å². The third kappa shape index (κ3) is 6.32. The van der Waals surface area contributed by atoms with Crippen LogP contribution in [0.25, 0.3) is 5.57 Å². The van der Waals surface area contributed by atoms with E-state index in [0.717, 1.165) is 10.6 Å². The standard InChI is InChI=1S/C23H26F5N7O/c1-13-6-22(24,25)12-35(18(13)11-34-21-32-8-16(9-33-21)23(26,27)28)20(36)19(29)17(10-30-3)15-5-4-14(2)31-7-15/h4-5,7-10,13,18H,6,11-12,29H2,1-3H3,(H,32,33,34)/t13-,18?/m1/s1. The number of aromatic nitrogens is 3. The summed E-state index contributed by atoms with van der Waals surface area (Å²) in [6.45, 7) is 2.39. The number of rotatable bonds is 6. The highest BCUT2D eigenvalue weighted by Crippen LogP contribution is 2.35. The van der Waals surface area contributed by atoms with Crippen molar-refractivity contribution >= 4 is 23.6 Å². The summed E-state index contributed by atoms with van der Waals surface area (Å²) in [5.41, 5.74) is 6.33. The quantitative estimate of drug-likeness (QED) is 0.349. The number of piperidine rings is 1. The smallest absolute Gasteiger partial charge is 0.394 e. The summed E-state index contributed by atoms with van der Waals surface area (Å²) in [6.07, 6.45) is -0.991. The van der Waals surface area contributed by atoms with Crippen molar-refractivity contribution in [3.63, 3.8) is 0 Å². The molecule has 8 nitrogen and oxygen atoms in total. The van der Waals surface area contributed by atoms with Crippen molar-refractivity contribution in [3.05, 3.63) is 53.2 Å². The zero-order chi connectivity index (χ0) is 26.7. The Morgan fingerprint density at radius 3 is 2.47 bits per heavy atom. The fraction of sp³-hybridized carbons (Fsp3) is 0.435. The van der Waals surface area contributed by atoms with Crippen molar-refractivity contribution in [1.29, 1.82) is 0 Å². The van der Waals surface area contributed by atoms with E-state index < -0.39 is 48.5 Å². The SMILES string of the molecule is CN=CC(=C(N)C(=O)N1CC(F)(F)C[C@@H](C)C1CNc1ncc(C(F)(F)F)cn1)c1ccc(C)nc1. The maximum absolute atomic E-state index is 14.5. The van der Waals surface area contributed by atoms with Crippen LogP contribution in [-0.4, -0.2) is 64.1 Å². The lowest BCUT2D eigenvalue weighted by atomic mass is 9.88. The van der Waals surface area contributed by atoms with Gasteiger partial charge in [0.25, 0.3) is 11.8 Å². The lowest BCUT2D eigenvalue weighted by Gasteiger charge is -2.43. The molecular formula is C23H26F5N7O. The molecule has 0 bridgehead atoms. The van der Waals surface area contributed by atoms with Crippen LogP contribution in [0.15, 0.2) is 41.4 Å². The monoisotopic (exact) mass is 511 g/mol. The largest absolute Gasteiger partial charge is 0.419 e.